The minimum atomic E-state index is -0.604. The molecule has 0 aliphatic carbocycles. The minimum absolute atomic E-state index is 0. The molecule has 0 bridgehead atoms. The van der Waals surface area contributed by atoms with E-state index in [1.807, 2.05) is 56.3 Å². The second-order valence-electron chi connectivity index (χ2n) is 10.3. The lowest BCUT2D eigenvalue weighted by atomic mass is 10.1. The molecule has 4 rings (SSSR count). The van der Waals surface area contributed by atoms with Crippen LogP contribution in [-0.2, 0) is 11.4 Å². The third-order valence-electron chi connectivity index (χ3n) is 6.72. The summed E-state index contributed by atoms with van der Waals surface area (Å²) < 4.78 is 6.08. The third-order valence-corrected chi connectivity index (χ3v) is 7.50. The molecule has 10 nitrogen and oxygen atoms in total. The predicted molar refractivity (Wildman–Crippen MR) is 190 cm³/mol. The second-order valence-corrected chi connectivity index (χ2v) is 11.1. The first-order valence-corrected chi connectivity index (χ1v) is 14.6. The molecule has 0 aliphatic heterocycles. The summed E-state index contributed by atoms with van der Waals surface area (Å²) in [6.45, 7) is 2.85. The van der Waals surface area contributed by atoms with Crippen LogP contribution < -0.4 is 25.6 Å². The normalized spacial score (nSPS) is 10.4. The van der Waals surface area contributed by atoms with E-state index in [0.717, 1.165) is 16.6 Å². The van der Waals surface area contributed by atoms with Crippen LogP contribution in [0.2, 0.25) is 10.0 Å². The summed E-state index contributed by atoms with van der Waals surface area (Å²) in [5.41, 5.74) is 3.31. The fourth-order valence-corrected chi connectivity index (χ4v) is 4.88. The Morgan fingerprint density at radius 2 is 1.65 bits per heavy atom. The average molecular weight is 710 g/mol. The van der Waals surface area contributed by atoms with Crippen LogP contribution in [0, 0.1) is 6.92 Å². The van der Waals surface area contributed by atoms with Crippen LogP contribution in [0.4, 0.5) is 16.2 Å². The maximum absolute atomic E-state index is 13.0. The van der Waals surface area contributed by atoms with Gasteiger partial charge < -0.3 is 30.5 Å². The Hall–Kier alpha value is -3.80. The molecule has 0 radical (unpaired) electrons. The largest absolute Gasteiger partial charge is 0.487 e. The summed E-state index contributed by atoms with van der Waals surface area (Å²) in [4.78, 5) is 45.8. The van der Waals surface area contributed by atoms with Crippen molar-refractivity contribution in [3.05, 3.63) is 93.6 Å². The Kier molecular flexibility index (Phi) is 14.8. The van der Waals surface area contributed by atoms with E-state index in [1.54, 1.807) is 43.4 Å². The lowest BCUT2D eigenvalue weighted by molar-refractivity contribution is -0.117. The summed E-state index contributed by atoms with van der Waals surface area (Å²) in [5.74, 6) is -0.0842. The number of benzene rings is 3. The van der Waals surface area contributed by atoms with Crippen LogP contribution in [0.1, 0.15) is 21.6 Å². The van der Waals surface area contributed by atoms with Crippen molar-refractivity contribution in [3.8, 4) is 5.75 Å². The number of rotatable bonds is 11. The Morgan fingerprint density at radius 3 is 2.39 bits per heavy atom. The van der Waals surface area contributed by atoms with Crippen molar-refractivity contribution in [1.29, 1.82) is 0 Å². The van der Waals surface area contributed by atoms with Gasteiger partial charge in [-0.1, -0.05) is 47.5 Å². The quantitative estimate of drug-likeness (QED) is 0.167. The smallest absolute Gasteiger partial charge is 0.319 e. The molecule has 4 aromatic rings. The van der Waals surface area contributed by atoms with Crippen molar-refractivity contribution < 1.29 is 19.1 Å². The third kappa shape index (κ3) is 10.1. The summed E-state index contributed by atoms with van der Waals surface area (Å²) in [5, 5.41) is 9.59. The fourth-order valence-electron chi connectivity index (χ4n) is 4.28. The number of fused-ring (bicyclic) bond motifs is 1. The molecule has 1 aromatic heterocycles. The van der Waals surface area contributed by atoms with Crippen LogP contribution >= 0.6 is 48.0 Å². The van der Waals surface area contributed by atoms with Crippen LogP contribution in [0.3, 0.4) is 0 Å². The number of likely N-dealkylation sites (N-methyl/N-ethyl adjacent to an activating group) is 2. The number of anilines is 2. The number of carbonyl (C=O) groups excluding carboxylic acids is 3. The zero-order valence-electron chi connectivity index (χ0n) is 25.7. The zero-order valence-corrected chi connectivity index (χ0v) is 28.9. The molecule has 0 unspecified atom stereocenters. The highest BCUT2D eigenvalue weighted by Crippen LogP contribution is 2.35. The fraction of sp³-hybridized carbons (Fsp3) is 0.250. The lowest BCUT2D eigenvalue weighted by Gasteiger charge is -2.21. The Bertz CT molecular complexity index is 1690. The average Bonchev–Trinajstić information content (AvgIpc) is 2.99. The molecule has 14 heteroatoms. The van der Waals surface area contributed by atoms with Gasteiger partial charge >= 0.3 is 6.03 Å². The van der Waals surface area contributed by atoms with Gasteiger partial charge in [-0.25, -0.2) is 9.78 Å². The van der Waals surface area contributed by atoms with Crippen LogP contribution in [0.25, 0.3) is 10.9 Å². The number of amides is 4. The Morgan fingerprint density at radius 1 is 0.913 bits per heavy atom. The van der Waals surface area contributed by atoms with Gasteiger partial charge in [-0.2, -0.15) is 0 Å². The highest BCUT2D eigenvalue weighted by Gasteiger charge is 2.20. The van der Waals surface area contributed by atoms with E-state index in [0.29, 0.717) is 46.4 Å². The van der Waals surface area contributed by atoms with Gasteiger partial charge in [0.15, 0.2) is 0 Å². The van der Waals surface area contributed by atoms with E-state index in [4.69, 9.17) is 27.9 Å². The molecule has 3 aromatic carbocycles. The summed E-state index contributed by atoms with van der Waals surface area (Å²) in [6, 6.07) is 18.8. The van der Waals surface area contributed by atoms with Crippen molar-refractivity contribution in [2.24, 2.45) is 0 Å². The molecule has 0 aliphatic rings. The molecule has 0 spiro atoms. The van der Waals surface area contributed by atoms with Crippen molar-refractivity contribution >= 4 is 88.1 Å². The monoisotopic (exact) mass is 708 g/mol. The Labute approximate surface area is 290 Å². The highest BCUT2D eigenvalue weighted by molar-refractivity contribution is 6.38. The van der Waals surface area contributed by atoms with E-state index in [1.165, 1.54) is 4.90 Å². The molecule has 0 fully saturated rings. The van der Waals surface area contributed by atoms with Gasteiger partial charge in [0.25, 0.3) is 5.91 Å². The number of hydrogen-bond acceptors (Lipinski definition) is 6. The molecule has 4 amide bonds. The zero-order chi connectivity index (χ0) is 31.8. The first kappa shape index (κ1) is 38.4. The summed E-state index contributed by atoms with van der Waals surface area (Å²) in [6.07, 6.45) is 0. The van der Waals surface area contributed by atoms with Gasteiger partial charge in [0.2, 0.25) is 5.91 Å². The molecule has 3 N–H and O–H groups in total. The van der Waals surface area contributed by atoms with Crippen molar-refractivity contribution in [2.45, 2.75) is 13.5 Å². The first-order valence-electron chi connectivity index (χ1n) is 13.8. The molecule has 246 valence electrons. The topological polar surface area (TPSA) is 116 Å². The van der Waals surface area contributed by atoms with Gasteiger partial charge in [0.05, 0.1) is 17.3 Å². The van der Waals surface area contributed by atoms with Gasteiger partial charge in [-0.3, -0.25) is 9.59 Å². The van der Waals surface area contributed by atoms with Gasteiger partial charge in [0.1, 0.15) is 17.9 Å². The summed E-state index contributed by atoms with van der Waals surface area (Å²) in [7, 11) is 5.39. The predicted octanol–water partition coefficient (Wildman–Crippen LogP) is 6.35. The molecule has 1 heterocycles. The number of urea groups is 1. The minimum Gasteiger partial charge on any atom is -0.487 e. The van der Waals surface area contributed by atoms with E-state index in [9.17, 15) is 14.4 Å². The second kappa shape index (κ2) is 17.8. The molecule has 0 saturated carbocycles. The van der Waals surface area contributed by atoms with Crippen molar-refractivity contribution in [2.75, 3.05) is 51.0 Å². The van der Waals surface area contributed by atoms with E-state index >= 15 is 0 Å². The maximum Gasteiger partial charge on any atom is 0.319 e. The van der Waals surface area contributed by atoms with Gasteiger partial charge in [-0.05, 0) is 63.5 Å². The number of ether oxygens (including phenoxy) is 1. The number of hydrogen-bond donors (Lipinski definition) is 3. The number of halogens is 4. The van der Waals surface area contributed by atoms with E-state index < -0.39 is 11.9 Å². The molecule has 46 heavy (non-hydrogen) atoms. The number of nitrogens with zero attached hydrogens (tertiary/aromatic N) is 3. The molecular weight excluding hydrogens is 674 g/mol. The van der Waals surface area contributed by atoms with Gasteiger partial charge in [-0.15, -0.1) is 24.8 Å². The first-order chi connectivity index (χ1) is 21.0. The number of carbonyl (C=O) groups is 3. The maximum atomic E-state index is 13.0. The number of aromatic nitrogens is 1. The SMILES string of the molecule is Cc1ccc2cccc(OCc3c(Cl)ccc(N(C)C(=O)CNC(=O)Nc4cccc(C(=O)NCCN(C)C)c4)c3Cl)c2n1.Cl.Cl. The lowest BCUT2D eigenvalue weighted by Crippen LogP contribution is -2.40. The number of para-hydroxylation sites is 1. The number of aryl methyl sites for hydroxylation is 1. The van der Waals surface area contributed by atoms with Crippen molar-refractivity contribution in [3.63, 3.8) is 0 Å². The molecular formula is C32H36Cl4N6O4. The van der Waals surface area contributed by atoms with E-state index in [-0.39, 0.29) is 48.9 Å². The van der Waals surface area contributed by atoms with Crippen LogP contribution in [0.15, 0.2) is 66.7 Å². The standard InChI is InChI=1S/C32H34Cl2N6O4.2ClH/c1-20-11-12-21-7-6-10-27(30(21)37-20)44-19-24-25(33)13-14-26(29(24)34)40(4)28(41)18-36-32(43)38-23-9-5-8-22(17-23)31(42)35-15-16-39(2)3;;/h5-14,17H,15-16,18-19H2,1-4H3,(H,35,42)(H2,36,38,43);2*1H. The molecule has 0 saturated heterocycles. The number of pyridine rings is 1. The van der Waals surface area contributed by atoms with E-state index in [2.05, 4.69) is 20.9 Å². The van der Waals surface area contributed by atoms with Crippen molar-refractivity contribution in [1.82, 2.24) is 20.5 Å². The number of nitrogens with one attached hydrogen (secondary N) is 3. The van der Waals surface area contributed by atoms with Gasteiger partial charge in [0, 0.05) is 53.1 Å². The molecule has 0 atom stereocenters. The Balaban J connectivity index is 0.00000368. The summed E-state index contributed by atoms with van der Waals surface area (Å²) >= 11 is 13.2. The van der Waals surface area contributed by atoms with Crippen LogP contribution in [0.5, 0.6) is 5.75 Å². The highest BCUT2D eigenvalue weighted by atomic mass is 35.5. The van der Waals surface area contributed by atoms with Crippen LogP contribution in [-0.4, -0.2) is 68.5 Å².